The summed E-state index contributed by atoms with van der Waals surface area (Å²) in [6.45, 7) is 2.22. The molecule has 2 aromatic carbocycles. The molecule has 0 aliphatic heterocycles. The average Bonchev–Trinajstić information content (AvgIpc) is 2.65. The number of ether oxygens (including phenoxy) is 1. The van der Waals surface area contributed by atoms with Crippen LogP contribution in [-0.2, 0) is 16.5 Å². The number of para-hydroxylation sites is 1. The van der Waals surface area contributed by atoms with E-state index in [0.717, 1.165) is 24.5 Å². The van der Waals surface area contributed by atoms with Crippen LogP contribution >= 0.6 is 0 Å². The molecule has 0 saturated heterocycles. The standard InChI is InChI=1S/C22H30O5S.Na/c1-2-3-4-5-6-7-8-9-12-18-13-10-14-19(17-18)27-20-15-11-16-21(22(20)23)28(24,25)26;/h10-11,13-17,23H,2-9,12H2,1H3,(H,24,25,26);/q;+1/p-1. The Morgan fingerprint density at radius 1 is 0.931 bits per heavy atom. The zero-order valence-electron chi connectivity index (χ0n) is 17.4. The number of aryl methyl sites for hydroxylation is 1. The molecule has 0 aliphatic carbocycles. The van der Waals surface area contributed by atoms with Gasteiger partial charge in [0.2, 0.25) is 0 Å². The topological polar surface area (TPSA) is 86.7 Å². The van der Waals surface area contributed by atoms with Gasteiger partial charge in [0.25, 0.3) is 10.1 Å². The second-order valence-corrected chi connectivity index (χ2v) is 8.42. The van der Waals surface area contributed by atoms with E-state index in [1.807, 2.05) is 18.2 Å². The first-order chi connectivity index (χ1) is 13.4. The Hall–Kier alpha value is -1.05. The molecule has 0 fully saturated rings. The van der Waals surface area contributed by atoms with Gasteiger partial charge in [-0.3, -0.25) is 4.55 Å². The van der Waals surface area contributed by atoms with Gasteiger partial charge in [-0.2, -0.15) is 8.42 Å². The first-order valence-electron chi connectivity index (χ1n) is 9.96. The number of hydrogen-bond donors (Lipinski definition) is 1. The van der Waals surface area contributed by atoms with Crippen LogP contribution in [-0.4, -0.2) is 13.0 Å². The van der Waals surface area contributed by atoms with Gasteiger partial charge in [0, 0.05) is 0 Å². The first-order valence-corrected chi connectivity index (χ1v) is 11.4. The van der Waals surface area contributed by atoms with Crippen LogP contribution in [0.1, 0.15) is 63.9 Å². The molecule has 0 aliphatic rings. The van der Waals surface area contributed by atoms with Crippen LogP contribution in [0.3, 0.4) is 0 Å². The molecule has 0 heterocycles. The predicted molar refractivity (Wildman–Crippen MR) is 109 cm³/mol. The van der Waals surface area contributed by atoms with Crippen molar-refractivity contribution in [1.82, 2.24) is 0 Å². The normalized spacial score (nSPS) is 11.1. The third-order valence-corrected chi connectivity index (χ3v) is 5.54. The molecule has 2 aromatic rings. The van der Waals surface area contributed by atoms with Gasteiger partial charge < -0.3 is 9.84 Å². The Bertz CT molecular complexity index is 852. The SMILES string of the molecule is CCCCCCCCCCc1cccc(Oc2cccc(S(=O)(=O)O)c2[O-])c1.[Na+]. The number of hydrogen-bond acceptors (Lipinski definition) is 4. The molecular formula is C22H29NaO5S. The van der Waals surface area contributed by atoms with Crippen LogP contribution < -0.4 is 39.4 Å². The van der Waals surface area contributed by atoms with Gasteiger partial charge in [-0.25, -0.2) is 0 Å². The molecule has 0 spiro atoms. The molecule has 5 nitrogen and oxygen atoms in total. The summed E-state index contributed by atoms with van der Waals surface area (Å²) in [6, 6.07) is 11.3. The Morgan fingerprint density at radius 2 is 1.55 bits per heavy atom. The number of benzene rings is 2. The van der Waals surface area contributed by atoms with E-state index in [4.69, 9.17) is 9.29 Å². The summed E-state index contributed by atoms with van der Waals surface area (Å²) in [7, 11) is -4.57. The summed E-state index contributed by atoms with van der Waals surface area (Å²) in [4.78, 5) is -0.680. The maximum Gasteiger partial charge on any atom is 1.00 e. The van der Waals surface area contributed by atoms with Gasteiger partial charge in [0.05, 0.1) is 4.90 Å². The molecule has 0 unspecified atom stereocenters. The largest absolute Gasteiger partial charge is 1.00 e. The van der Waals surface area contributed by atoms with Crippen molar-refractivity contribution in [2.24, 2.45) is 0 Å². The van der Waals surface area contributed by atoms with E-state index in [-0.39, 0.29) is 35.3 Å². The zero-order chi connectivity index (χ0) is 20.4. The fourth-order valence-electron chi connectivity index (χ4n) is 3.13. The molecule has 29 heavy (non-hydrogen) atoms. The van der Waals surface area contributed by atoms with Crippen LogP contribution in [0.15, 0.2) is 47.4 Å². The van der Waals surface area contributed by atoms with Crippen LogP contribution in [0.25, 0.3) is 0 Å². The van der Waals surface area contributed by atoms with Crippen LogP contribution in [0.5, 0.6) is 17.2 Å². The molecule has 0 bridgehead atoms. The number of rotatable bonds is 12. The van der Waals surface area contributed by atoms with Gasteiger partial charge in [0.15, 0.2) is 0 Å². The molecule has 154 valence electrons. The Kier molecular flexibility index (Phi) is 11.9. The molecule has 0 saturated carbocycles. The fraction of sp³-hybridized carbons (Fsp3) is 0.455. The van der Waals surface area contributed by atoms with Crippen molar-refractivity contribution < 1.29 is 52.4 Å². The minimum Gasteiger partial charge on any atom is -0.869 e. The second kappa shape index (κ2) is 13.3. The van der Waals surface area contributed by atoms with Crippen molar-refractivity contribution in [2.75, 3.05) is 0 Å². The van der Waals surface area contributed by atoms with Crippen molar-refractivity contribution in [1.29, 1.82) is 0 Å². The summed E-state index contributed by atoms with van der Waals surface area (Å²) in [5.41, 5.74) is 1.11. The Labute approximate surface area is 196 Å². The van der Waals surface area contributed by atoms with E-state index < -0.39 is 20.8 Å². The Balaban J connectivity index is 0.00000420. The van der Waals surface area contributed by atoms with Gasteiger partial charge in [-0.05, 0) is 48.4 Å². The summed E-state index contributed by atoms with van der Waals surface area (Å²) in [6.07, 6.45) is 11.0. The zero-order valence-corrected chi connectivity index (χ0v) is 20.2. The molecule has 2 rings (SSSR count). The smallest absolute Gasteiger partial charge is 0.869 e. The van der Waals surface area contributed by atoms with Crippen LogP contribution in [0.2, 0.25) is 0 Å². The maximum absolute atomic E-state index is 12.2. The molecule has 1 N–H and O–H groups in total. The Morgan fingerprint density at radius 3 is 2.21 bits per heavy atom. The second-order valence-electron chi connectivity index (χ2n) is 7.03. The fourth-order valence-corrected chi connectivity index (χ4v) is 3.72. The number of unbranched alkanes of at least 4 members (excludes halogenated alkanes) is 7. The minimum atomic E-state index is -4.57. The van der Waals surface area contributed by atoms with Crippen LogP contribution in [0.4, 0.5) is 0 Å². The van der Waals surface area contributed by atoms with Crippen molar-refractivity contribution in [3.05, 3.63) is 48.0 Å². The summed E-state index contributed by atoms with van der Waals surface area (Å²) < 4.78 is 37.2. The van der Waals surface area contributed by atoms with E-state index in [1.54, 1.807) is 6.07 Å². The van der Waals surface area contributed by atoms with Gasteiger partial charge in [-0.1, -0.05) is 70.1 Å². The molecule has 0 radical (unpaired) electrons. The minimum absolute atomic E-state index is 0. The van der Waals surface area contributed by atoms with Gasteiger partial charge >= 0.3 is 29.6 Å². The van der Waals surface area contributed by atoms with Gasteiger partial charge in [-0.15, -0.1) is 0 Å². The van der Waals surface area contributed by atoms with E-state index in [9.17, 15) is 13.5 Å². The quantitative estimate of drug-likeness (QED) is 0.319. The third-order valence-electron chi connectivity index (χ3n) is 4.67. The van der Waals surface area contributed by atoms with Crippen molar-refractivity contribution in [3.8, 4) is 17.2 Å². The molecule has 0 amide bonds. The van der Waals surface area contributed by atoms with E-state index in [1.165, 1.54) is 57.1 Å². The monoisotopic (exact) mass is 428 g/mol. The average molecular weight is 429 g/mol. The van der Waals surface area contributed by atoms with Crippen LogP contribution in [0, 0.1) is 0 Å². The summed E-state index contributed by atoms with van der Waals surface area (Å²) >= 11 is 0. The maximum atomic E-state index is 12.2. The summed E-state index contributed by atoms with van der Waals surface area (Å²) in [5, 5.41) is 12.2. The van der Waals surface area contributed by atoms with Crippen molar-refractivity contribution in [2.45, 2.75) is 69.6 Å². The molecular weight excluding hydrogens is 399 g/mol. The third kappa shape index (κ3) is 9.09. The van der Waals surface area contributed by atoms with E-state index in [2.05, 4.69) is 6.92 Å². The van der Waals surface area contributed by atoms with Gasteiger partial charge in [0.1, 0.15) is 11.5 Å². The molecule has 0 atom stereocenters. The van der Waals surface area contributed by atoms with Crippen molar-refractivity contribution >= 4 is 10.1 Å². The molecule has 7 heteroatoms. The summed E-state index contributed by atoms with van der Waals surface area (Å²) in [5.74, 6) is -0.500. The predicted octanol–water partition coefficient (Wildman–Crippen LogP) is 2.49. The molecule has 0 aromatic heterocycles. The first kappa shape index (κ1) is 26.0. The van der Waals surface area contributed by atoms with E-state index in [0.29, 0.717) is 5.75 Å². The van der Waals surface area contributed by atoms with E-state index >= 15 is 0 Å². The van der Waals surface area contributed by atoms with Crippen molar-refractivity contribution in [3.63, 3.8) is 0 Å².